The van der Waals surface area contributed by atoms with Gasteiger partial charge >= 0.3 is 0 Å². The van der Waals surface area contributed by atoms with E-state index in [9.17, 15) is 0 Å². The predicted molar refractivity (Wildman–Crippen MR) is 374 cm³/mol. The molecule has 0 amide bonds. The molecule has 448 valence electrons. The lowest BCUT2D eigenvalue weighted by molar-refractivity contribution is 1.06. The number of nitrogens with zero attached hydrogens (tertiary/aromatic N) is 10. The molecule has 0 saturated heterocycles. The Labute approximate surface area is 536 Å². The van der Waals surface area contributed by atoms with Gasteiger partial charge in [0.05, 0.1) is 11.4 Å². The molecule has 0 fully saturated rings. The molecule has 10 heteroatoms. The summed E-state index contributed by atoms with van der Waals surface area (Å²) in [5.41, 5.74) is 22.0. The van der Waals surface area contributed by atoms with Gasteiger partial charge in [0, 0.05) is 99.9 Å². The van der Waals surface area contributed by atoms with E-state index in [1.54, 1.807) is 18.6 Å². The van der Waals surface area contributed by atoms with E-state index in [4.69, 9.17) is 0 Å². The molecular weight excluding hydrogens is 1110 g/mol. The number of rotatable bonds is 7. The van der Waals surface area contributed by atoms with Gasteiger partial charge in [0.2, 0.25) is 0 Å². The van der Waals surface area contributed by atoms with Crippen LogP contribution in [0, 0.1) is 48.5 Å². The van der Waals surface area contributed by atoms with Crippen LogP contribution in [0.15, 0.2) is 323 Å². The Kier molecular flexibility index (Phi) is 25.8. The van der Waals surface area contributed by atoms with Crippen LogP contribution in [-0.4, -0.2) is 49.8 Å². The lowest BCUT2D eigenvalue weighted by atomic mass is 10.0. The molecule has 91 heavy (non-hydrogen) atoms. The molecule has 0 bridgehead atoms. The summed E-state index contributed by atoms with van der Waals surface area (Å²) in [6.45, 7) is 14.3. The summed E-state index contributed by atoms with van der Waals surface area (Å²) in [7, 11) is 0. The molecule has 0 spiro atoms. The van der Waals surface area contributed by atoms with Gasteiger partial charge in [-0.25, -0.2) is 24.9 Å². The molecule has 0 atom stereocenters. The third-order valence-electron chi connectivity index (χ3n) is 13.7. The maximum absolute atomic E-state index is 4.35. The highest BCUT2D eigenvalue weighted by Crippen LogP contribution is 2.22. The van der Waals surface area contributed by atoms with Gasteiger partial charge in [0.1, 0.15) is 12.7 Å². The molecular formula is C81H74N10. The van der Waals surface area contributed by atoms with Crippen LogP contribution >= 0.6 is 0 Å². The summed E-state index contributed by atoms with van der Waals surface area (Å²) in [6, 6.07) is 88.2. The highest BCUT2D eigenvalue weighted by molar-refractivity contribution is 5.65. The minimum atomic E-state index is 0.718. The fraction of sp³-hybridized carbons (Fsp3) is 0.0864. The van der Waals surface area contributed by atoms with Gasteiger partial charge < -0.3 is 0 Å². The normalized spacial score (nSPS) is 9.92. The largest absolute Gasteiger partial charge is 0.264 e. The smallest absolute Gasteiger partial charge is 0.162 e. The van der Waals surface area contributed by atoms with Gasteiger partial charge in [0.15, 0.2) is 11.6 Å². The predicted octanol–water partition coefficient (Wildman–Crippen LogP) is 19.6. The highest BCUT2D eigenvalue weighted by Gasteiger charge is 2.02. The Bertz CT molecular complexity index is 3620. The van der Waals surface area contributed by atoms with E-state index in [1.165, 1.54) is 73.9 Å². The number of hydrogen-bond acceptors (Lipinski definition) is 10. The zero-order valence-electron chi connectivity index (χ0n) is 52.6. The lowest BCUT2D eigenvalue weighted by Gasteiger charge is -2.01. The van der Waals surface area contributed by atoms with Crippen molar-refractivity contribution >= 4 is 0 Å². The van der Waals surface area contributed by atoms with E-state index >= 15 is 0 Å². The Morgan fingerprint density at radius 2 is 0.615 bits per heavy atom. The summed E-state index contributed by atoms with van der Waals surface area (Å²) in [6.07, 6.45) is 17.6. The fourth-order valence-electron chi connectivity index (χ4n) is 8.64. The van der Waals surface area contributed by atoms with Crippen molar-refractivity contribution in [3.05, 3.63) is 362 Å². The monoisotopic (exact) mass is 1190 g/mol. The van der Waals surface area contributed by atoms with Gasteiger partial charge in [0.25, 0.3) is 0 Å². The fourth-order valence-corrected chi connectivity index (χ4v) is 8.64. The number of benzene rings is 7. The van der Waals surface area contributed by atoms with Crippen LogP contribution in [0.1, 0.15) is 39.2 Å². The molecule has 0 unspecified atom stereocenters. The lowest BCUT2D eigenvalue weighted by Crippen LogP contribution is -1.88. The summed E-state index contributed by atoms with van der Waals surface area (Å²) < 4.78 is 0. The van der Waals surface area contributed by atoms with Crippen molar-refractivity contribution in [3.63, 3.8) is 0 Å². The van der Waals surface area contributed by atoms with Crippen LogP contribution in [0.4, 0.5) is 0 Å². The van der Waals surface area contributed by atoms with Crippen molar-refractivity contribution in [3.8, 4) is 78.7 Å². The first kappa shape index (κ1) is 65.4. The zero-order chi connectivity index (χ0) is 63.7. The Hall–Kier alpha value is -11.6. The van der Waals surface area contributed by atoms with Crippen LogP contribution in [-0.2, 0) is 0 Å². The van der Waals surface area contributed by atoms with Crippen molar-refractivity contribution in [2.45, 2.75) is 48.5 Å². The van der Waals surface area contributed by atoms with Crippen LogP contribution in [0.3, 0.4) is 0 Å². The van der Waals surface area contributed by atoms with E-state index in [0.717, 1.165) is 56.7 Å². The second kappa shape index (κ2) is 35.9. The summed E-state index contributed by atoms with van der Waals surface area (Å²) >= 11 is 0. The number of aromatic nitrogens is 10. The molecule has 7 heterocycles. The Morgan fingerprint density at radius 3 is 1.09 bits per heavy atom. The standard InChI is InChI=1S/C13H12.3C12H11N.2C11H10N2.C10H9N3/c1-11-6-5-9-13(10-11)12-7-3-2-4-8-12;1-10-5-7-11(8-6-10)12-4-2-3-9-13-12;1-10-7-8-12(9-13-10)11-5-3-2-4-6-11;1-10-7-8-12(13-9-10)11-5-3-2-4-6-11;1-9-3-5-10(6-4-9)11-12-7-2-8-13-11;1-9-4-5-11(8-13-9)10-3-2-6-12-7-10;1-8-2-4-9(5-3-8)10-12-6-11-7-13-10/h2-10H,1H3;3*2-9H,1H3;2*2-8H,1H3;2-7H,1H3. The third-order valence-corrected chi connectivity index (χ3v) is 13.7. The van der Waals surface area contributed by atoms with E-state index in [1.807, 2.05) is 185 Å². The summed E-state index contributed by atoms with van der Waals surface area (Å²) in [5, 5.41) is 0. The summed E-state index contributed by atoms with van der Waals surface area (Å²) in [5.74, 6) is 1.50. The van der Waals surface area contributed by atoms with Crippen molar-refractivity contribution in [1.82, 2.24) is 49.8 Å². The van der Waals surface area contributed by atoms with Crippen molar-refractivity contribution in [2.75, 3.05) is 0 Å². The molecule has 0 N–H and O–H groups in total. The minimum absolute atomic E-state index is 0.718. The summed E-state index contributed by atoms with van der Waals surface area (Å²) in [4.78, 5) is 41.4. The highest BCUT2D eigenvalue weighted by atomic mass is 15.0. The zero-order valence-corrected chi connectivity index (χ0v) is 52.6. The molecule has 14 aromatic rings. The Morgan fingerprint density at radius 1 is 0.198 bits per heavy atom. The van der Waals surface area contributed by atoms with E-state index in [0.29, 0.717) is 0 Å². The van der Waals surface area contributed by atoms with Crippen molar-refractivity contribution < 1.29 is 0 Å². The Balaban J connectivity index is 0.000000137. The van der Waals surface area contributed by atoms with Crippen LogP contribution in [0.25, 0.3) is 78.7 Å². The second-order valence-corrected chi connectivity index (χ2v) is 21.2. The molecule has 7 aromatic carbocycles. The number of aryl methyl sites for hydroxylation is 7. The SMILES string of the molecule is Cc1ccc(-c2ccccc2)cn1.Cc1ccc(-c2ccccc2)nc1.Cc1ccc(-c2ccccn2)cc1.Cc1ccc(-c2cccnc2)cn1.Cc1ccc(-c2ncccn2)cc1.Cc1ccc(-c2ncncn2)cc1.Cc1cccc(-c2ccccc2)c1. The average Bonchev–Trinajstić information content (AvgIpc) is 3.81. The minimum Gasteiger partial charge on any atom is -0.264 e. The van der Waals surface area contributed by atoms with Gasteiger partial charge in [-0.3, -0.25) is 24.9 Å². The van der Waals surface area contributed by atoms with Gasteiger partial charge in [-0.2, -0.15) is 0 Å². The maximum atomic E-state index is 4.35. The van der Waals surface area contributed by atoms with Crippen molar-refractivity contribution in [1.29, 1.82) is 0 Å². The van der Waals surface area contributed by atoms with E-state index in [-0.39, 0.29) is 0 Å². The topological polar surface area (TPSA) is 129 Å². The first-order chi connectivity index (χ1) is 44.5. The number of pyridine rings is 5. The molecule has 0 aliphatic carbocycles. The molecule has 10 nitrogen and oxygen atoms in total. The van der Waals surface area contributed by atoms with Gasteiger partial charge in [-0.1, -0.05) is 241 Å². The molecule has 0 aliphatic rings. The molecule has 7 aromatic heterocycles. The number of hydrogen-bond donors (Lipinski definition) is 0. The molecule has 14 rings (SSSR count). The first-order valence-corrected chi connectivity index (χ1v) is 30.0. The quantitative estimate of drug-likeness (QED) is 0.152. The van der Waals surface area contributed by atoms with E-state index in [2.05, 4.69) is 205 Å². The molecule has 0 radical (unpaired) electrons. The van der Waals surface area contributed by atoms with Crippen LogP contribution in [0.2, 0.25) is 0 Å². The van der Waals surface area contributed by atoms with Crippen LogP contribution < -0.4 is 0 Å². The van der Waals surface area contributed by atoms with Gasteiger partial charge in [-0.15, -0.1) is 0 Å². The van der Waals surface area contributed by atoms with Crippen molar-refractivity contribution in [2.24, 2.45) is 0 Å². The first-order valence-electron chi connectivity index (χ1n) is 30.0. The maximum Gasteiger partial charge on any atom is 0.162 e. The molecule has 0 aliphatic heterocycles. The van der Waals surface area contributed by atoms with Crippen LogP contribution in [0.5, 0.6) is 0 Å². The van der Waals surface area contributed by atoms with E-state index < -0.39 is 0 Å². The molecule has 0 saturated carbocycles. The second-order valence-electron chi connectivity index (χ2n) is 21.2. The van der Waals surface area contributed by atoms with Gasteiger partial charge in [-0.05, 0) is 113 Å². The third kappa shape index (κ3) is 22.6. The average molecular weight is 1190 g/mol.